The second-order valence-corrected chi connectivity index (χ2v) is 4.44. The fourth-order valence-electron chi connectivity index (χ4n) is 1.64. The van der Waals surface area contributed by atoms with E-state index in [1.54, 1.807) is 30.3 Å². The second-order valence-electron chi connectivity index (χ2n) is 4.00. The highest BCUT2D eigenvalue weighted by Crippen LogP contribution is 2.19. The Morgan fingerprint density at radius 1 is 1.05 bits per heavy atom. The van der Waals surface area contributed by atoms with Gasteiger partial charge >= 0.3 is 0 Å². The molecular weight excluding hydrogens is 278 g/mol. The number of hydrogen-bond donors (Lipinski definition) is 1. The number of carbonyl (C=O) groups is 3. The number of anilines is 1. The summed E-state index contributed by atoms with van der Waals surface area (Å²) in [5.41, 5.74) is 0.747. The number of aldehydes is 1. The van der Waals surface area contributed by atoms with Gasteiger partial charge in [-0.25, -0.2) is 0 Å². The van der Waals surface area contributed by atoms with Gasteiger partial charge in [-0.3, -0.25) is 14.4 Å². The smallest absolute Gasteiger partial charge is 0.296 e. The van der Waals surface area contributed by atoms with Gasteiger partial charge in [-0.2, -0.15) is 0 Å². The van der Waals surface area contributed by atoms with Gasteiger partial charge in [0.1, 0.15) is 0 Å². The second kappa shape index (κ2) is 6.12. The van der Waals surface area contributed by atoms with Gasteiger partial charge in [0.25, 0.3) is 11.7 Å². The Morgan fingerprint density at radius 3 is 2.40 bits per heavy atom. The van der Waals surface area contributed by atoms with Crippen molar-refractivity contribution < 1.29 is 14.4 Å². The summed E-state index contributed by atoms with van der Waals surface area (Å²) >= 11 is 5.75. The van der Waals surface area contributed by atoms with Crippen molar-refractivity contribution in [3.63, 3.8) is 0 Å². The van der Waals surface area contributed by atoms with Crippen LogP contribution in [0.3, 0.4) is 0 Å². The highest BCUT2D eigenvalue weighted by molar-refractivity contribution is 6.46. The molecule has 0 atom stereocenters. The lowest BCUT2D eigenvalue weighted by molar-refractivity contribution is -0.112. The number of benzene rings is 2. The first-order valence-corrected chi connectivity index (χ1v) is 6.15. The fourth-order valence-corrected chi connectivity index (χ4v) is 1.83. The molecular formula is C15H10ClNO3. The first-order chi connectivity index (χ1) is 9.61. The summed E-state index contributed by atoms with van der Waals surface area (Å²) in [5.74, 6) is -1.47. The zero-order valence-corrected chi connectivity index (χ0v) is 11.1. The highest BCUT2D eigenvalue weighted by Gasteiger charge is 2.17. The van der Waals surface area contributed by atoms with Crippen molar-refractivity contribution in [1.82, 2.24) is 0 Å². The predicted molar refractivity (Wildman–Crippen MR) is 76.2 cm³/mol. The average Bonchev–Trinajstić information content (AvgIpc) is 2.49. The van der Waals surface area contributed by atoms with Crippen molar-refractivity contribution in [2.24, 2.45) is 0 Å². The Balaban J connectivity index is 2.20. The Kier molecular flexibility index (Phi) is 4.27. The van der Waals surface area contributed by atoms with E-state index in [1.165, 1.54) is 18.2 Å². The molecule has 0 unspecified atom stereocenters. The fraction of sp³-hybridized carbons (Fsp3) is 0. The molecule has 0 bridgehead atoms. The van der Waals surface area contributed by atoms with Crippen molar-refractivity contribution in [2.75, 3.05) is 5.32 Å². The van der Waals surface area contributed by atoms with Gasteiger partial charge in [0.2, 0.25) is 0 Å². The van der Waals surface area contributed by atoms with Crippen LogP contribution in [0, 0.1) is 0 Å². The Hall–Kier alpha value is -2.46. The largest absolute Gasteiger partial charge is 0.318 e. The number of carbonyl (C=O) groups excluding carboxylic acids is 3. The zero-order chi connectivity index (χ0) is 14.5. The molecule has 0 spiro atoms. The Bertz CT molecular complexity index is 668. The van der Waals surface area contributed by atoms with E-state index in [9.17, 15) is 14.4 Å². The quantitative estimate of drug-likeness (QED) is 0.534. The predicted octanol–water partition coefficient (Wildman–Crippen LogP) is 2.97. The lowest BCUT2D eigenvalue weighted by atomic mass is 10.1. The number of hydrogen-bond acceptors (Lipinski definition) is 3. The zero-order valence-electron chi connectivity index (χ0n) is 10.3. The number of ketones is 1. The number of amides is 1. The van der Waals surface area contributed by atoms with E-state index in [2.05, 4.69) is 5.32 Å². The number of rotatable bonds is 4. The normalized spacial score (nSPS) is 9.85. The van der Waals surface area contributed by atoms with E-state index in [0.29, 0.717) is 11.3 Å². The molecule has 0 aliphatic carbocycles. The van der Waals surface area contributed by atoms with Crippen LogP contribution in [0.2, 0.25) is 5.02 Å². The molecule has 0 aliphatic heterocycles. The van der Waals surface area contributed by atoms with Crippen LogP contribution in [0.5, 0.6) is 0 Å². The van der Waals surface area contributed by atoms with Crippen molar-refractivity contribution in [1.29, 1.82) is 0 Å². The molecule has 2 aromatic rings. The molecule has 4 nitrogen and oxygen atoms in total. The van der Waals surface area contributed by atoms with Crippen molar-refractivity contribution >= 4 is 35.3 Å². The van der Waals surface area contributed by atoms with Gasteiger partial charge in [-0.15, -0.1) is 0 Å². The first-order valence-electron chi connectivity index (χ1n) is 5.77. The number of nitrogens with one attached hydrogen (secondary N) is 1. The van der Waals surface area contributed by atoms with Crippen LogP contribution in [0.1, 0.15) is 20.7 Å². The van der Waals surface area contributed by atoms with Crippen LogP contribution in [0.15, 0.2) is 48.5 Å². The molecule has 2 aromatic carbocycles. The highest BCUT2D eigenvalue weighted by atomic mass is 35.5. The first kappa shape index (κ1) is 14.0. The summed E-state index contributed by atoms with van der Waals surface area (Å²) < 4.78 is 0. The molecule has 20 heavy (non-hydrogen) atoms. The molecule has 1 N–H and O–H groups in total. The van der Waals surface area contributed by atoms with Crippen molar-refractivity contribution in [2.45, 2.75) is 0 Å². The maximum atomic E-state index is 11.9. The van der Waals surface area contributed by atoms with Crippen LogP contribution >= 0.6 is 11.6 Å². The third-order valence-corrected chi connectivity index (χ3v) is 2.87. The minimum Gasteiger partial charge on any atom is -0.318 e. The summed E-state index contributed by atoms with van der Waals surface area (Å²) in [4.78, 5) is 34.7. The summed E-state index contributed by atoms with van der Waals surface area (Å²) in [5, 5.41) is 2.78. The van der Waals surface area contributed by atoms with E-state index in [1.807, 2.05) is 0 Å². The van der Waals surface area contributed by atoms with Gasteiger partial charge in [-0.05, 0) is 18.2 Å². The van der Waals surface area contributed by atoms with Crippen LogP contribution in [-0.4, -0.2) is 18.0 Å². The lowest BCUT2D eigenvalue weighted by Gasteiger charge is -2.07. The minimum atomic E-state index is -0.804. The van der Waals surface area contributed by atoms with E-state index in [-0.39, 0.29) is 16.8 Å². The van der Waals surface area contributed by atoms with E-state index < -0.39 is 11.7 Å². The Morgan fingerprint density at radius 2 is 1.75 bits per heavy atom. The van der Waals surface area contributed by atoms with Crippen molar-refractivity contribution in [3.05, 3.63) is 64.7 Å². The number of halogens is 1. The van der Waals surface area contributed by atoms with Crippen LogP contribution in [-0.2, 0) is 4.79 Å². The summed E-state index contributed by atoms with van der Waals surface area (Å²) in [7, 11) is 0. The molecule has 0 aliphatic rings. The minimum absolute atomic E-state index is 0.215. The van der Waals surface area contributed by atoms with Crippen molar-refractivity contribution in [3.8, 4) is 0 Å². The van der Waals surface area contributed by atoms with E-state index in [0.717, 1.165) is 0 Å². The standard InChI is InChI=1S/C15H10ClNO3/c16-12-6-7-13(11(8-12)9-18)17-15(20)14(19)10-4-2-1-3-5-10/h1-9H,(H,17,20). The topological polar surface area (TPSA) is 63.2 Å². The molecule has 0 fully saturated rings. The summed E-state index contributed by atoms with van der Waals surface area (Å²) in [6.07, 6.45) is 0.564. The molecule has 0 radical (unpaired) electrons. The van der Waals surface area contributed by atoms with Crippen LogP contribution < -0.4 is 5.32 Å². The monoisotopic (exact) mass is 287 g/mol. The molecule has 0 heterocycles. The van der Waals surface area contributed by atoms with Gasteiger partial charge in [0.05, 0.1) is 5.69 Å². The molecule has 0 saturated carbocycles. The number of Topliss-reactive ketones (excluding diaryl/α,β-unsaturated/α-hetero) is 1. The maximum Gasteiger partial charge on any atom is 0.296 e. The van der Waals surface area contributed by atoms with E-state index in [4.69, 9.17) is 11.6 Å². The lowest BCUT2D eigenvalue weighted by Crippen LogP contribution is -2.23. The third kappa shape index (κ3) is 3.10. The summed E-state index contributed by atoms with van der Waals surface area (Å²) in [6, 6.07) is 12.6. The van der Waals surface area contributed by atoms with Gasteiger partial charge in [0.15, 0.2) is 6.29 Å². The Labute approximate surface area is 120 Å². The molecule has 0 saturated heterocycles. The van der Waals surface area contributed by atoms with Gasteiger partial charge in [-0.1, -0.05) is 41.9 Å². The molecule has 0 aromatic heterocycles. The third-order valence-electron chi connectivity index (χ3n) is 2.63. The molecule has 2 rings (SSSR count). The molecule has 1 amide bonds. The van der Waals surface area contributed by atoms with Crippen LogP contribution in [0.4, 0.5) is 5.69 Å². The van der Waals surface area contributed by atoms with Gasteiger partial charge < -0.3 is 5.32 Å². The summed E-state index contributed by atoms with van der Waals surface area (Å²) in [6.45, 7) is 0. The molecule has 5 heteroatoms. The average molecular weight is 288 g/mol. The SMILES string of the molecule is O=Cc1cc(Cl)ccc1NC(=O)C(=O)c1ccccc1. The van der Waals surface area contributed by atoms with E-state index >= 15 is 0 Å². The maximum absolute atomic E-state index is 11.9. The molecule has 100 valence electrons. The van der Waals surface area contributed by atoms with Gasteiger partial charge in [0, 0.05) is 16.1 Å². The van der Waals surface area contributed by atoms with Crippen LogP contribution in [0.25, 0.3) is 0 Å².